The molecule has 0 saturated carbocycles. The Kier molecular flexibility index (Phi) is 5.96. The van der Waals surface area contributed by atoms with Gasteiger partial charge >= 0.3 is 0 Å². The Bertz CT molecular complexity index is 1290. The van der Waals surface area contributed by atoms with E-state index < -0.39 is 5.82 Å². The number of carbonyl (C=O) groups is 1. The monoisotopic (exact) mass is 459 g/mol. The summed E-state index contributed by atoms with van der Waals surface area (Å²) in [6.07, 6.45) is 5.10. The molecule has 0 bridgehead atoms. The number of rotatable bonds is 5. The summed E-state index contributed by atoms with van der Waals surface area (Å²) in [5, 5.41) is 3.28. The van der Waals surface area contributed by atoms with Crippen LogP contribution in [0.25, 0.3) is 22.5 Å². The van der Waals surface area contributed by atoms with E-state index in [0.717, 1.165) is 18.4 Å². The number of piperidine rings is 1. The van der Waals surface area contributed by atoms with E-state index in [0.29, 0.717) is 47.2 Å². The SMILES string of the molecule is Cc1cc(F)cc(-c2ncccn2)c1C(=O)N1CCCC(C)C1CNc1nc2ccccc2o1. The van der Waals surface area contributed by atoms with Crippen molar-refractivity contribution in [2.24, 2.45) is 5.92 Å². The smallest absolute Gasteiger partial charge is 0.295 e. The molecule has 1 fully saturated rings. The van der Waals surface area contributed by atoms with E-state index in [1.165, 1.54) is 12.1 Å². The summed E-state index contributed by atoms with van der Waals surface area (Å²) in [5.74, 6) is 0.0416. The van der Waals surface area contributed by atoms with Gasteiger partial charge in [0.2, 0.25) is 0 Å². The van der Waals surface area contributed by atoms with Crippen LogP contribution >= 0.6 is 0 Å². The molecule has 0 radical (unpaired) electrons. The number of amides is 1. The van der Waals surface area contributed by atoms with Crippen LogP contribution in [0.4, 0.5) is 10.4 Å². The van der Waals surface area contributed by atoms with E-state index in [-0.39, 0.29) is 17.9 Å². The van der Waals surface area contributed by atoms with Crippen LogP contribution < -0.4 is 5.32 Å². The molecule has 1 aliphatic heterocycles. The Morgan fingerprint density at radius 2 is 2.00 bits per heavy atom. The van der Waals surface area contributed by atoms with Crippen LogP contribution in [-0.2, 0) is 0 Å². The van der Waals surface area contributed by atoms with Crippen molar-refractivity contribution in [3.63, 3.8) is 0 Å². The molecule has 2 aromatic heterocycles. The second-order valence-corrected chi connectivity index (χ2v) is 8.77. The Labute approximate surface area is 197 Å². The maximum atomic E-state index is 14.3. The van der Waals surface area contributed by atoms with Crippen molar-refractivity contribution < 1.29 is 13.6 Å². The highest BCUT2D eigenvalue weighted by atomic mass is 19.1. The van der Waals surface area contributed by atoms with Gasteiger partial charge in [0.05, 0.1) is 11.6 Å². The van der Waals surface area contributed by atoms with E-state index in [2.05, 4.69) is 27.2 Å². The molecule has 1 N–H and O–H groups in total. The zero-order chi connectivity index (χ0) is 23.7. The van der Waals surface area contributed by atoms with E-state index in [1.54, 1.807) is 25.4 Å². The summed E-state index contributed by atoms with van der Waals surface area (Å²) in [5.41, 5.74) is 2.91. The average Bonchev–Trinajstić information content (AvgIpc) is 3.26. The molecule has 1 amide bonds. The molecule has 7 nitrogen and oxygen atoms in total. The van der Waals surface area contributed by atoms with Gasteiger partial charge in [-0.15, -0.1) is 0 Å². The van der Waals surface area contributed by atoms with Gasteiger partial charge in [0, 0.05) is 31.0 Å². The predicted octanol–water partition coefficient (Wildman–Crippen LogP) is 5.09. The molecule has 2 atom stereocenters. The minimum absolute atomic E-state index is 0.0785. The minimum Gasteiger partial charge on any atom is -0.424 e. The fourth-order valence-electron chi connectivity index (χ4n) is 4.74. The molecule has 4 aromatic rings. The molecular formula is C26H26FN5O2. The molecule has 0 aliphatic carbocycles. The van der Waals surface area contributed by atoms with Crippen LogP contribution in [0.2, 0.25) is 0 Å². The van der Waals surface area contributed by atoms with Gasteiger partial charge < -0.3 is 14.6 Å². The number of aromatic nitrogens is 3. The molecule has 5 rings (SSSR count). The lowest BCUT2D eigenvalue weighted by atomic mass is 9.89. The number of halogens is 1. The molecule has 2 unspecified atom stereocenters. The van der Waals surface area contributed by atoms with E-state index >= 15 is 0 Å². The highest BCUT2D eigenvalue weighted by molar-refractivity contribution is 6.01. The zero-order valence-corrected chi connectivity index (χ0v) is 19.2. The molecule has 2 aromatic carbocycles. The van der Waals surface area contributed by atoms with Crippen molar-refractivity contribution in [3.05, 3.63) is 71.8 Å². The number of nitrogens with one attached hydrogen (secondary N) is 1. The predicted molar refractivity (Wildman–Crippen MR) is 128 cm³/mol. The number of carbonyl (C=O) groups excluding carboxylic acids is 1. The second-order valence-electron chi connectivity index (χ2n) is 8.77. The van der Waals surface area contributed by atoms with Crippen LogP contribution in [-0.4, -0.2) is 44.9 Å². The minimum atomic E-state index is -0.419. The first-order valence-electron chi connectivity index (χ1n) is 11.5. The van der Waals surface area contributed by atoms with Gasteiger partial charge in [-0.05, 0) is 61.6 Å². The molecule has 3 heterocycles. The Hall–Kier alpha value is -3.81. The number of anilines is 1. The summed E-state index contributed by atoms with van der Waals surface area (Å²) >= 11 is 0. The van der Waals surface area contributed by atoms with Gasteiger partial charge in [0.25, 0.3) is 11.9 Å². The van der Waals surface area contributed by atoms with Gasteiger partial charge in [-0.3, -0.25) is 4.79 Å². The number of para-hydroxylation sites is 2. The number of oxazole rings is 1. The zero-order valence-electron chi connectivity index (χ0n) is 19.2. The number of aryl methyl sites for hydroxylation is 1. The van der Waals surface area contributed by atoms with Crippen molar-refractivity contribution >= 4 is 23.0 Å². The van der Waals surface area contributed by atoms with Crippen LogP contribution in [0.15, 0.2) is 59.3 Å². The van der Waals surface area contributed by atoms with Crippen molar-refractivity contribution in [2.75, 3.05) is 18.4 Å². The van der Waals surface area contributed by atoms with Gasteiger partial charge in [0.1, 0.15) is 11.3 Å². The first kappa shape index (κ1) is 22.0. The first-order valence-corrected chi connectivity index (χ1v) is 11.5. The third-order valence-electron chi connectivity index (χ3n) is 6.45. The van der Waals surface area contributed by atoms with E-state index in [1.807, 2.05) is 29.2 Å². The summed E-state index contributed by atoms with van der Waals surface area (Å²) < 4.78 is 20.1. The molecule has 1 saturated heterocycles. The van der Waals surface area contributed by atoms with Crippen LogP contribution in [0, 0.1) is 18.7 Å². The van der Waals surface area contributed by atoms with Crippen LogP contribution in [0.5, 0.6) is 0 Å². The van der Waals surface area contributed by atoms with Gasteiger partial charge in [-0.1, -0.05) is 19.1 Å². The lowest BCUT2D eigenvalue weighted by Crippen LogP contribution is -2.51. The molecule has 0 spiro atoms. The average molecular weight is 460 g/mol. The van der Waals surface area contributed by atoms with Gasteiger partial charge in [-0.25, -0.2) is 14.4 Å². The van der Waals surface area contributed by atoms with Crippen molar-refractivity contribution in [2.45, 2.75) is 32.7 Å². The first-order chi connectivity index (χ1) is 16.5. The highest BCUT2D eigenvalue weighted by Crippen LogP contribution is 2.31. The summed E-state index contributed by atoms with van der Waals surface area (Å²) in [6.45, 7) is 5.02. The Morgan fingerprint density at radius 1 is 1.21 bits per heavy atom. The third kappa shape index (κ3) is 4.23. The topological polar surface area (TPSA) is 84.2 Å². The van der Waals surface area contributed by atoms with Gasteiger partial charge in [0.15, 0.2) is 11.4 Å². The molecular weight excluding hydrogens is 433 g/mol. The molecule has 1 aliphatic rings. The van der Waals surface area contributed by atoms with E-state index in [4.69, 9.17) is 4.42 Å². The van der Waals surface area contributed by atoms with Gasteiger partial charge in [-0.2, -0.15) is 4.98 Å². The van der Waals surface area contributed by atoms with Crippen molar-refractivity contribution in [1.29, 1.82) is 0 Å². The molecule has 8 heteroatoms. The maximum absolute atomic E-state index is 14.3. The standard InChI is InChI=1S/C26H26FN5O2/c1-16-7-5-12-32(21(16)15-30-26-31-20-8-3-4-9-22(20)34-26)25(33)23-17(2)13-18(27)14-19(23)24-28-10-6-11-29-24/h3-4,6,8-11,13-14,16,21H,5,7,12,15H2,1-2H3,(H,30,31). The lowest BCUT2D eigenvalue weighted by molar-refractivity contribution is 0.0539. The maximum Gasteiger partial charge on any atom is 0.295 e. The van der Waals surface area contributed by atoms with E-state index in [9.17, 15) is 9.18 Å². The molecule has 174 valence electrons. The number of likely N-dealkylation sites (tertiary alicyclic amines) is 1. The fourth-order valence-corrected chi connectivity index (χ4v) is 4.74. The quantitative estimate of drug-likeness (QED) is 0.448. The molecule has 34 heavy (non-hydrogen) atoms. The lowest BCUT2D eigenvalue weighted by Gasteiger charge is -2.40. The number of hydrogen-bond acceptors (Lipinski definition) is 6. The number of nitrogens with zero attached hydrogens (tertiary/aromatic N) is 4. The number of benzene rings is 2. The normalized spacial score (nSPS) is 18.3. The summed E-state index contributed by atoms with van der Waals surface area (Å²) in [6, 6.07) is 12.4. The fraction of sp³-hybridized carbons (Fsp3) is 0.308. The summed E-state index contributed by atoms with van der Waals surface area (Å²) in [7, 11) is 0. The van der Waals surface area contributed by atoms with Crippen molar-refractivity contribution in [3.8, 4) is 11.4 Å². The Morgan fingerprint density at radius 3 is 2.79 bits per heavy atom. The highest BCUT2D eigenvalue weighted by Gasteiger charge is 2.34. The third-order valence-corrected chi connectivity index (χ3v) is 6.45. The van der Waals surface area contributed by atoms with Crippen LogP contribution in [0.3, 0.4) is 0 Å². The van der Waals surface area contributed by atoms with Crippen molar-refractivity contribution in [1.82, 2.24) is 19.9 Å². The number of fused-ring (bicyclic) bond motifs is 1. The summed E-state index contributed by atoms with van der Waals surface area (Å²) in [4.78, 5) is 28.8. The number of hydrogen-bond donors (Lipinski definition) is 1. The largest absolute Gasteiger partial charge is 0.424 e. The second kappa shape index (κ2) is 9.21. The Balaban J connectivity index is 1.45. The van der Waals surface area contributed by atoms with Crippen LogP contribution in [0.1, 0.15) is 35.7 Å².